The predicted octanol–water partition coefficient (Wildman–Crippen LogP) is -0.145. The third-order valence-electron chi connectivity index (χ3n) is 3.11. The van der Waals surface area contributed by atoms with Gasteiger partial charge in [0, 0.05) is 33.2 Å². The molecule has 3 N–H and O–H groups in total. The molecule has 7 heteroatoms. The summed E-state index contributed by atoms with van der Waals surface area (Å²) in [6, 6.07) is 7.63. The Hall–Kier alpha value is -1.31. The summed E-state index contributed by atoms with van der Waals surface area (Å²) < 4.78 is 27.1. The van der Waals surface area contributed by atoms with Gasteiger partial charge in [-0.25, -0.2) is 4.72 Å². The van der Waals surface area contributed by atoms with Crippen LogP contribution in [-0.2, 0) is 10.2 Å². The molecule has 0 atom stereocenters. The van der Waals surface area contributed by atoms with Crippen molar-refractivity contribution in [1.82, 2.24) is 9.03 Å². The second kappa shape index (κ2) is 5.13. The molecular weight excluding hydrogens is 252 g/mol. The Morgan fingerprint density at radius 1 is 1.17 bits per heavy atom. The van der Waals surface area contributed by atoms with E-state index in [2.05, 4.69) is 9.62 Å². The van der Waals surface area contributed by atoms with Crippen molar-refractivity contribution in [2.75, 3.05) is 43.9 Å². The highest BCUT2D eigenvalue weighted by Gasteiger charge is 2.26. The number of nitrogen functional groups attached to an aromatic ring is 1. The van der Waals surface area contributed by atoms with E-state index in [1.165, 1.54) is 11.4 Å². The van der Waals surface area contributed by atoms with Crippen molar-refractivity contribution in [3.63, 3.8) is 0 Å². The average molecular weight is 270 g/mol. The summed E-state index contributed by atoms with van der Waals surface area (Å²) in [6.07, 6.45) is 0. The van der Waals surface area contributed by atoms with Crippen molar-refractivity contribution >= 4 is 21.6 Å². The van der Waals surface area contributed by atoms with Gasteiger partial charge in [-0.3, -0.25) is 0 Å². The molecule has 1 aliphatic heterocycles. The molecule has 1 aromatic rings. The van der Waals surface area contributed by atoms with Crippen LogP contribution >= 0.6 is 0 Å². The normalized spacial score (nSPS) is 17.9. The van der Waals surface area contributed by atoms with E-state index in [-0.39, 0.29) is 0 Å². The molecule has 0 amide bonds. The second-order valence-electron chi connectivity index (χ2n) is 4.15. The van der Waals surface area contributed by atoms with E-state index < -0.39 is 10.2 Å². The van der Waals surface area contributed by atoms with E-state index in [9.17, 15) is 8.42 Å². The van der Waals surface area contributed by atoms with E-state index in [0.29, 0.717) is 26.2 Å². The fourth-order valence-corrected chi connectivity index (χ4v) is 2.98. The highest BCUT2D eigenvalue weighted by molar-refractivity contribution is 7.87. The molecule has 2 rings (SSSR count). The van der Waals surface area contributed by atoms with E-state index in [0.717, 1.165) is 11.4 Å². The number of piperazine rings is 1. The summed E-state index contributed by atoms with van der Waals surface area (Å²) in [5, 5.41) is 0. The van der Waals surface area contributed by atoms with Gasteiger partial charge in [0.25, 0.3) is 10.2 Å². The first kappa shape index (κ1) is 13.1. The topological polar surface area (TPSA) is 78.7 Å². The number of nitrogens with one attached hydrogen (secondary N) is 1. The van der Waals surface area contributed by atoms with Gasteiger partial charge in [0.1, 0.15) is 0 Å². The van der Waals surface area contributed by atoms with Gasteiger partial charge in [-0.2, -0.15) is 12.7 Å². The maximum atomic E-state index is 11.6. The molecule has 1 heterocycles. The SMILES string of the molecule is CNS(=O)(=O)N1CCN(c2ccccc2N)CC1. The zero-order valence-corrected chi connectivity index (χ0v) is 11.2. The molecule has 1 aliphatic rings. The van der Waals surface area contributed by atoms with Gasteiger partial charge in [0.05, 0.1) is 11.4 Å². The smallest absolute Gasteiger partial charge is 0.279 e. The lowest BCUT2D eigenvalue weighted by atomic mass is 10.2. The summed E-state index contributed by atoms with van der Waals surface area (Å²) in [5.74, 6) is 0. The van der Waals surface area contributed by atoms with Crippen LogP contribution in [0.2, 0.25) is 0 Å². The Morgan fingerprint density at radius 2 is 1.78 bits per heavy atom. The summed E-state index contributed by atoms with van der Waals surface area (Å²) in [5.41, 5.74) is 7.61. The van der Waals surface area contributed by atoms with E-state index in [4.69, 9.17) is 5.73 Å². The first-order valence-corrected chi connectivity index (χ1v) is 7.26. The van der Waals surface area contributed by atoms with E-state index in [1.807, 2.05) is 24.3 Å². The van der Waals surface area contributed by atoms with Gasteiger partial charge in [-0.15, -0.1) is 0 Å². The third-order valence-corrected chi connectivity index (χ3v) is 4.67. The molecule has 0 bridgehead atoms. The lowest BCUT2D eigenvalue weighted by Crippen LogP contribution is -2.51. The number of benzene rings is 1. The monoisotopic (exact) mass is 270 g/mol. The van der Waals surface area contributed by atoms with Gasteiger partial charge in [-0.1, -0.05) is 12.1 Å². The Balaban J connectivity index is 2.06. The summed E-state index contributed by atoms with van der Waals surface area (Å²) in [4.78, 5) is 2.11. The van der Waals surface area contributed by atoms with Gasteiger partial charge < -0.3 is 10.6 Å². The summed E-state index contributed by atoms with van der Waals surface area (Å²) in [7, 11) is -1.88. The van der Waals surface area contributed by atoms with Crippen LogP contribution in [-0.4, -0.2) is 45.9 Å². The standard InChI is InChI=1S/C11H18N4O2S/c1-13-18(16,17)15-8-6-14(7-9-15)11-5-3-2-4-10(11)12/h2-5,13H,6-9,12H2,1H3. The molecular formula is C11H18N4O2S. The van der Waals surface area contributed by atoms with Crippen LogP contribution in [0.4, 0.5) is 11.4 Å². The first-order chi connectivity index (χ1) is 8.54. The number of hydrogen-bond acceptors (Lipinski definition) is 4. The Bertz CT molecular complexity index is 510. The minimum absolute atomic E-state index is 0.470. The molecule has 0 aromatic heterocycles. The van der Waals surface area contributed by atoms with Crippen molar-refractivity contribution in [1.29, 1.82) is 0 Å². The number of rotatable bonds is 3. The first-order valence-electron chi connectivity index (χ1n) is 5.82. The molecule has 0 unspecified atom stereocenters. The van der Waals surface area contributed by atoms with Gasteiger partial charge >= 0.3 is 0 Å². The van der Waals surface area contributed by atoms with Crippen molar-refractivity contribution in [2.45, 2.75) is 0 Å². The molecule has 100 valence electrons. The average Bonchev–Trinajstić information content (AvgIpc) is 2.39. The van der Waals surface area contributed by atoms with Crippen LogP contribution in [0.1, 0.15) is 0 Å². The van der Waals surface area contributed by atoms with Gasteiger partial charge in [0.15, 0.2) is 0 Å². The van der Waals surface area contributed by atoms with Crippen LogP contribution in [0.25, 0.3) is 0 Å². The fraction of sp³-hybridized carbons (Fsp3) is 0.455. The molecule has 0 saturated carbocycles. The molecule has 1 fully saturated rings. The zero-order valence-electron chi connectivity index (χ0n) is 10.3. The molecule has 0 spiro atoms. The second-order valence-corrected chi connectivity index (χ2v) is 6.03. The van der Waals surface area contributed by atoms with E-state index >= 15 is 0 Å². The molecule has 18 heavy (non-hydrogen) atoms. The fourth-order valence-electron chi connectivity index (χ4n) is 2.07. The molecule has 1 saturated heterocycles. The highest BCUT2D eigenvalue weighted by atomic mass is 32.2. The Kier molecular flexibility index (Phi) is 3.74. The minimum atomic E-state index is -3.31. The third kappa shape index (κ3) is 2.58. The number of nitrogens with zero attached hydrogens (tertiary/aromatic N) is 2. The lowest BCUT2D eigenvalue weighted by Gasteiger charge is -2.35. The van der Waals surface area contributed by atoms with Gasteiger partial charge in [-0.05, 0) is 12.1 Å². The summed E-state index contributed by atoms with van der Waals surface area (Å²) in [6.45, 7) is 2.24. The number of anilines is 2. The molecule has 1 aromatic carbocycles. The van der Waals surface area contributed by atoms with Crippen LogP contribution in [0.5, 0.6) is 0 Å². The largest absolute Gasteiger partial charge is 0.397 e. The van der Waals surface area contributed by atoms with Crippen LogP contribution < -0.4 is 15.4 Å². The zero-order chi connectivity index (χ0) is 13.2. The number of para-hydroxylation sites is 2. The van der Waals surface area contributed by atoms with Crippen molar-refractivity contribution in [2.24, 2.45) is 0 Å². The van der Waals surface area contributed by atoms with Crippen molar-refractivity contribution in [3.05, 3.63) is 24.3 Å². The Labute approximate surface area is 108 Å². The van der Waals surface area contributed by atoms with Crippen LogP contribution in [0.3, 0.4) is 0 Å². The maximum absolute atomic E-state index is 11.6. The van der Waals surface area contributed by atoms with Crippen LogP contribution in [0, 0.1) is 0 Å². The van der Waals surface area contributed by atoms with Crippen molar-refractivity contribution in [3.8, 4) is 0 Å². The van der Waals surface area contributed by atoms with Gasteiger partial charge in [0.2, 0.25) is 0 Å². The van der Waals surface area contributed by atoms with Crippen molar-refractivity contribution < 1.29 is 8.42 Å². The molecule has 0 radical (unpaired) electrons. The van der Waals surface area contributed by atoms with E-state index in [1.54, 1.807) is 0 Å². The number of nitrogens with two attached hydrogens (primary N) is 1. The molecule has 0 aliphatic carbocycles. The predicted molar refractivity (Wildman–Crippen MR) is 72.6 cm³/mol. The minimum Gasteiger partial charge on any atom is -0.397 e. The highest BCUT2D eigenvalue weighted by Crippen LogP contribution is 2.23. The number of hydrogen-bond donors (Lipinski definition) is 2. The summed E-state index contributed by atoms with van der Waals surface area (Å²) >= 11 is 0. The Morgan fingerprint density at radius 3 is 2.33 bits per heavy atom. The maximum Gasteiger partial charge on any atom is 0.279 e. The van der Waals surface area contributed by atoms with Crippen LogP contribution in [0.15, 0.2) is 24.3 Å². The quantitative estimate of drug-likeness (QED) is 0.749. The lowest BCUT2D eigenvalue weighted by molar-refractivity contribution is 0.381. The molecule has 6 nitrogen and oxygen atoms in total.